The average Bonchev–Trinajstić information content (AvgIpc) is 2.86. The van der Waals surface area contributed by atoms with Gasteiger partial charge in [0.15, 0.2) is 15.7 Å². The summed E-state index contributed by atoms with van der Waals surface area (Å²) in [6.45, 7) is 2.19. The molecule has 1 aromatic carbocycles. The molecule has 0 aliphatic rings. The van der Waals surface area contributed by atoms with Gasteiger partial charge in [-0.25, -0.2) is 12.8 Å². The van der Waals surface area contributed by atoms with Gasteiger partial charge >= 0.3 is 0 Å². The molecule has 0 radical (unpaired) electrons. The Bertz CT molecular complexity index is 728. The Morgan fingerprint density at radius 3 is 2.71 bits per heavy atom. The van der Waals surface area contributed by atoms with Crippen molar-refractivity contribution in [3.05, 3.63) is 41.3 Å². The van der Waals surface area contributed by atoms with Crippen LogP contribution < -0.4 is 5.32 Å². The van der Waals surface area contributed by atoms with Gasteiger partial charge in [-0.15, -0.1) is 0 Å². The molecule has 6 nitrogen and oxygen atoms in total. The Morgan fingerprint density at radius 1 is 1.38 bits per heavy atom. The molecule has 2 aromatic rings. The SMILES string of the molecule is CCc1noc(CNc2ccc(CS(C)(=O)=O)c(F)c2)n1. The number of benzene rings is 1. The lowest BCUT2D eigenvalue weighted by Crippen LogP contribution is -2.05. The number of anilines is 1. The van der Waals surface area contributed by atoms with E-state index in [-0.39, 0.29) is 17.9 Å². The molecule has 0 unspecified atom stereocenters. The summed E-state index contributed by atoms with van der Waals surface area (Å²) in [7, 11) is -3.26. The molecule has 21 heavy (non-hydrogen) atoms. The normalized spacial score (nSPS) is 11.6. The van der Waals surface area contributed by atoms with Crippen LogP contribution in [-0.4, -0.2) is 24.8 Å². The van der Waals surface area contributed by atoms with Crippen LogP contribution in [0.25, 0.3) is 0 Å². The Labute approximate surface area is 122 Å². The van der Waals surface area contributed by atoms with Gasteiger partial charge in [0.1, 0.15) is 5.82 Å². The number of aryl methyl sites for hydroxylation is 1. The summed E-state index contributed by atoms with van der Waals surface area (Å²) in [5.41, 5.74) is 0.662. The van der Waals surface area contributed by atoms with Crippen molar-refractivity contribution < 1.29 is 17.3 Å². The van der Waals surface area contributed by atoms with E-state index in [1.807, 2.05) is 6.92 Å². The molecular formula is C13H16FN3O3S. The Balaban J connectivity index is 2.03. The van der Waals surface area contributed by atoms with Crippen molar-refractivity contribution in [3.63, 3.8) is 0 Å². The summed E-state index contributed by atoms with van der Waals surface area (Å²) < 4.78 is 41.1. The topological polar surface area (TPSA) is 85.1 Å². The summed E-state index contributed by atoms with van der Waals surface area (Å²) in [5, 5.41) is 6.70. The molecule has 0 amide bonds. The molecule has 2 rings (SSSR count). The Hall–Kier alpha value is -1.96. The number of nitrogens with zero attached hydrogens (tertiary/aromatic N) is 2. The minimum Gasteiger partial charge on any atom is -0.376 e. The second-order valence-electron chi connectivity index (χ2n) is 4.69. The molecule has 0 atom stereocenters. The summed E-state index contributed by atoms with van der Waals surface area (Å²) in [6, 6.07) is 4.31. The zero-order valence-corrected chi connectivity index (χ0v) is 12.6. The number of aromatic nitrogens is 2. The van der Waals surface area contributed by atoms with Crippen molar-refractivity contribution in [1.29, 1.82) is 0 Å². The number of sulfone groups is 1. The van der Waals surface area contributed by atoms with Gasteiger partial charge in [-0.1, -0.05) is 18.1 Å². The van der Waals surface area contributed by atoms with Crippen molar-refractivity contribution in [2.45, 2.75) is 25.6 Å². The fourth-order valence-corrected chi connectivity index (χ4v) is 2.54. The van der Waals surface area contributed by atoms with Gasteiger partial charge in [-0.3, -0.25) is 0 Å². The Morgan fingerprint density at radius 2 is 2.14 bits per heavy atom. The lowest BCUT2D eigenvalue weighted by atomic mass is 10.2. The molecular weight excluding hydrogens is 297 g/mol. The lowest BCUT2D eigenvalue weighted by molar-refractivity contribution is 0.378. The van der Waals surface area contributed by atoms with Crippen molar-refractivity contribution in [3.8, 4) is 0 Å². The predicted octanol–water partition coefficient (Wildman–Crippen LogP) is 1.93. The molecule has 0 bridgehead atoms. The smallest absolute Gasteiger partial charge is 0.245 e. The van der Waals surface area contributed by atoms with Crippen LogP contribution in [-0.2, 0) is 28.6 Å². The van der Waals surface area contributed by atoms with Crippen LogP contribution in [0.15, 0.2) is 22.7 Å². The predicted molar refractivity (Wildman–Crippen MR) is 76.0 cm³/mol. The summed E-state index contributed by atoms with van der Waals surface area (Å²) in [5.74, 6) is 0.141. The molecule has 0 aliphatic carbocycles. The van der Waals surface area contributed by atoms with E-state index in [2.05, 4.69) is 15.5 Å². The third kappa shape index (κ3) is 4.52. The number of halogens is 1. The quantitative estimate of drug-likeness (QED) is 0.877. The van der Waals surface area contributed by atoms with Crippen molar-refractivity contribution in [1.82, 2.24) is 10.1 Å². The molecule has 114 valence electrons. The first kappa shape index (κ1) is 15.4. The van der Waals surface area contributed by atoms with Gasteiger partial charge in [0.25, 0.3) is 0 Å². The van der Waals surface area contributed by atoms with E-state index in [4.69, 9.17) is 4.52 Å². The van der Waals surface area contributed by atoms with Gasteiger partial charge in [0, 0.05) is 23.9 Å². The van der Waals surface area contributed by atoms with E-state index < -0.39 is 15.7 Å². The number of rotatable bonds is 6. The zero-order valence-electron chi connectivity index (χ0n) is 11.8. The molecule has 1 heterocycles. The van der Waals surface area contributed by atoms with Crippen LogP contribution in [0.2, 0.25) is 0 Å². The highest BCUT2D eigenvalue weighted by atomic mass is 32.2. The number of hydrogen-bond acceptors (Lipinski definition) is 6. The highest BCUT2D eigenvalue weighted by molar-refractivity contribution is 7.89. The zero-order chi connectivity index (χ0) is 15.5. The molecule has 0 saturated heterocycles. The van der Waals surface area contributed by atoms with Crippen LogP contribution >= 0.6 is 0 Å². The first-order valence-electron chi connectivity index (χ1n) is 6.39. The molecule has 8 heteroatoms. The average molecular weight is 313 g/mol. The summed E-state index contributed by atoms with van der Waals surface area (Å²) in [6.07, 6.45) is 1.75. The van der Waals surface area contributed by atoms with E-state index >= 15 is 0 Å². The second kappa shape index (κ2) is 6.21. The maximum atomic E-state index is 13.8. The molecule has 0 aliphatic heterocycles. The van der Waals surface area contributed by atoms with Crippen LogP contribution in [0, 0.1) is 5.82 Å². The summed E-state index contributed by atoms with van der Waals surface area (Å²) in [4.78, 5) is 4.12. The maximum Gasteiger partial charge on any atom is 0.245 e. The summed E-state index contributed by atoms with van der Waals surface area (Å²) >= 11 is 0. The lowest BCUT2D eigenvalue weighted by Gasteiger charge is -2.06. The maximum absolute atomic E-state index is 13.8. The van der Waals surface area contributed by atoms with Crippen LogP contribution in [0.3, 0.4) is 0 Å². The van der Waals surface area contributed by atoms with Crippen LogP contribution in [0.5, 0.6) is 0 Å². The van der Waals surface area contributed by atoms with Gasteiger partial charge in [-0.2, -0.15) is 4.98 Å². The van der Waals surface area contributed by atoms with Crippen molar-refractivity contribution in [2.24, 2.45) is 0 Å². The highest BCUT2D eigenvalue weighted by Crippen LogP contribution is 2.17. The fourth-order valence-electron chi connectivity index (χ4n) is 1.74. The van der Waals surface area contributed by atoms with Gasteiger partial charge in [-0.05, 0) is 12.1 Å². The highest BCUT2D eigenvalue weighted by Gasteiger charge is 2.11. The fraction of sp³-hybridized carbons (Fsp3) is 0.385. The van der Waals surface area contributed by atoms with Crippen molar-refractivity contribution in [2.75, 3.05) is 11.6 Å². The van der Waals surface area contributed by atoms with Gasteiger partial charge < -0.3 is 9.84 Å². The van der Waals surface area contributed by atoms with Gasteiger partial charge in [0.05, 0.1) is 12.3 Å². The molecule has 1 aromatic heterocycles. The molecule has 0 spiro atoms. The Kier molecular flexibility index (Phi) is 4.56. The van der Waals surface area contributed by atoms with E-state index in [9.17, 15) is 12.8 Å². The van der Waals surface area contributed by atoms with E-state index in [1.54, 1.807) is 6.07 Å². The first-order chi connectivity index (χ1) is 9.87. The van der Waals surface area contributed by atoms with Crippen LogP contribution in [0.1, 0.15) is 24.2 Å². The first-order valence-corrected chi connectivity index (χ1v) is 8.45. The van der Waals surface area contributed by atoms with E-state index in [0.717, 1.165) is 6.26 Å². The van der Waals surface area contributed by atoms with Crippen LogP contribution in [0.4, 0.5) is 10.1 Å². The third-order valence-corrected chi connectivity index (χ3v) is 3.58. The minimum atomic E-state index is -3.26. The minimum absolute atomic E-state index is 0.147. The standard InChI is InChI=1S/C13H16FN3O3S/c1-3-12-16-13(20-17-12)7-15-10-5-4-9(11(14)6-10)8-21(2,18)19/h4-6,15H,3,7-8H2,1-2H3. The van der Waals surface area contributed by atoms with Gasteiger partial charge in [0.2, 0.25) is 5.89 Å². The monoisotopic (exact) mass is 313 g/mol. The number of hydrogen-bond donors (Lipinski definition) is 1. The second-order valence-corrected chi connectivity index (χ2v) is 6.83. The number of nitrogens with one attached hydrogen (secondary N) is 1. The van der Waals surface area contributed by atoms with E-state index in [1.165, 1.54) is 12.1 Å². The van der Waals surface area contributed by atoms with Crippen molar-refractivity contribution >= 4 is 15.5 Å². The van der Waals surface area contributed by atoms with E-state index in [0.29, 0.717) is 23.8 Å². The third-order valence-electron chi connectivity index (χ3n) is 2.74. The molecule has 1 N–H and O–H groups in total. The largest absolute Gasteiger partial charge is 0.376 e. The molecule has 0 saturated carbocycles. The molecule has 0 fully saturated rings.